The molecule has 1 aromatic heterocycles. The maximum Gasteiger partial charge on any atom is 0.138 e. The van der Waals surface area contributed by atoms with Gasteiger partial charge < -0.3 is 20.0 Å². The lowest BCUT2D eigenvalue weighted by atomic mass is 9.95. The van der Waals surface area contributed by atoms with Gasteiger partial charge in [-0.15, -0.1) is 0 Å². The Hall–Kier alpha value is -1.40. The molecule has 0 amide bonds. The number of hydrogen-bond donors (Lipinski definition) is 2. The van der Waals surface area contributed by atoms with Crippen LogP contribution in [0.2, 0.25) is 0 Å². The van der Waals surface area contributed by atoms with Crippen molar-refractivity contribution in [2.45, 2.75) is 64.0 Å². The van der Waals surface area contributed by atoms with E-state index in [2.05, 4.69) is 30.6 Å². The Labute approximate surface area is 144 Å². The van der Waals surface area contributed by atoms with Crippen LogP contribution in [0.5, 0.6) is 0 Å². The molecule has 134 valence electrons. The largest absolute Gasteiger partial charge is 0.394 e. The number of rotatable bonds is 4. The van der Waals surface area contributed by atoms with Crippen LogP contribution in [0, 0.1) is 0 Å². The van der Waals surface area contributed by atoms with E-state index in [4.69, 9.17) is 9.97 Å². The summed E-state index contributed by atoms with van der Waals surface area (Å²) in [6, 6.07) is 2.33. The molecular formula is C18H30N4O2. The minimum absolute atomic E-state index is 0.145. The van der Waals surface area contributed by atoms with E-state index in [-0.39, 0.29) is 30.7 Å². The summed E-state index contributed by atoms with van der Waals surface area (Å²) in [4.78, 5) is 14.1. The molecule has 0 unspecified atom stereocenters. The number of aromatic nitrogens is 2. The number of anilines is 2. The summed E-state index contributed by atoms with van der Waals surface area (Å²) < 4.78 is 0. The highest BCUT2D eigenvalue weighted by Gasteiger charge is 2.31. The van der Waals surface area contributed by atoms with Crippen molar-refractivity contribution in [1.82, 2.24) is 9.97 Å². The summed E-state index contributed by atoms with van der Waals surface area (Å²) in [5.74, 6) is 2.64. The fourth-order valence-corrected chi connectivity index (χ4v) is 3.71. The van der Waals surface area contributed by atoms with Crippen molar-refractivity contribution in [3.8, 4) is 0 Å². The predicted octanol–water partition coefficient (Wildman–Crippen LogP) is 1.70. The van der Waals surface area contributed by atoms with Crippen molar-refractivity contribution in [2.75, 3.05) is 36.1 Å². The van der Waals surface area contributed by atoms with Crippen molar-refractivity contribution in [2.24, 2.45) is 0 Å². The number of hydrogen-bond acceptors (Lipinski definition) is 6. The van der Waals surface area contributed by atoms with Gasteiger partial charge in [0.2, 0.25) is 0 Å². The molecule has 2 N–H and O–H groups in total. The first-order chi connectivity index (χ1) is 11.4. The lowest BCUT2D eigenvalue weighted by Crippen LogP contribution is -2.36. The number of aliphatic hydroxyl groups excluding tert-OH is 2. The fourth-order valence-electron chi connectivity index (χ4n) is 3.71. The minimum Gasteiger partial charge on any atom is -0.394 e. The Balaban J connectivity index is 2.01. The Morgan fingerprint density at radius 3 is 1.79 bits per heavy atom. The molecule has 2 fully saturated rings. The molecule has 0 aromatic carbocycles. The monoisotopic (exact) mass is 334 g/mol. The molecular weight excluding hydrogens is 304 g/mol. The molecule has 0 radical (unpaired) electrons. The third-order valence-corrected chi connectivity index (χ3v) is 5.13. The zero-order chi connectivity index (χ0) is 17.3. The lowest BCUT2D eigenvalue weighted by molar-refractivity contribution is 0.265. The Morgan fingerprint density at radius 2 is 1.42 bits per heavy atom. The summed E-state index contributed by atoms with van der Waals surface area (Å²) in [7, 11) is 0. The Kier molecular flexibility index (Phi) is 4.97. The highest BCUT2D eigenvalue weighted by Crippen LogP contribution is 2.32. The Bertz CT molecular complexity index is 532. The van der Waals surface area contributed by atoms with Gasteiger partial charge in [0.15, 0.2) is 0 Å². The molecule has 0 aliphatic carbocycles. The van der Waals surface area contributed by atoms with E-state index in [1.807, 2.05) is 6.07 Å². The zero-order valence-corrected chi connectivity index (χ0v) is 15.1. The smallest absolute Gasteiger partial charge is 0.138 e. The van der Waals surface area contributed by atoms with Crippen molar-refractivity contribution < 1.29 is 10.2 Å². The molecule has 6 nitrogen and oxygen atoms in total. The van der Waals surface area contributed by atoms with E-state index >= 15 is 0 Å². The second-order valence-corrected chi connectivity index (χ2v) is 8.00. The van der Waals surface area contributed by atoms with Crippen LogP contribution < -0.4 is 9.80 Å². The molecule has 0 bridgehead atoms. The van der Waals surface area contributed by atoms with E-state index in [1.165, 1.54) is 0 Å². The number of aliphatic hydroxyl groups is 2. The SMILES string of the molecule is CC(C)(C)c1nc(N2CCC[C@H]2CO)cc(N2CCC[C@H]2CO)n1. The summed E-state index contributed by atoms with van der Waals surface area (Å²) in [6.07, 6.45) is 4.17. The van der Waals surface area contributed by atoms with Crippen molar-refractivity contribution in [3.05, 3.63) is 11.9 Å². The van der Waals surface area contributed by atoms with Gasteiger partial charge in [0, 0.05) is 24.6 Å². The maximum atomic E-state index is 9.66. The van der Waals surface area contributed by atoms with Crippen molar-refractivity contribution in [1.29, 1.82) is 0 Å². The van der Waals surface area contributed by atoms with E-state index in [1.54, 1.807) is 0 Å². The van der Waals surface area contributed by atoms with Crippen LogP contribution >= 0.6 is 0 Å². The molecule has 2 aliphatic rings. The van der Waals surface area contributed by atoms with Gasteiger partial charge in [-0.05, 0) is 25.7 Å². The highest BCUT2D eigenvalue weighted by atomic mass is 16.3. The summed E-state index contributed by atoms with van der Waals surface area (Å²) in [5, 5.41) is 19.3. The predicted molar refractivity (Wildman–Crippen MR) is 95.6 cm³/mol. The van der Waals surface area contributed by atoms with Crippen molar-refractivity contribution >= 4 is 11.6 Å². The topological polar surface area (TPSA) is 72.7 Å². The molecule has 2 aliphatic heterocycles. The molecule has 2 saturated heterocycles. The van der Waals surface area contributed by atoms with Crippen LogP contribution in [0.15, 0.2) is 6.07 Å². The molecule has 2 atom stereocenters. The van der Waals surface area contributed by atoms with E-state index in [0.717, 1.165) is 56.2 Å². The van der Waals surface area contributed by atoms with Crippen molar-refractivity contribution in [3.63, 3.8) is 0 Å². The quantitative estimate of drug-likeness (QED) is 0.873. The zero-order valence-electron chi connectivity index (χ0n) is 15.1. The maximum absolute atomic E-state index is 9.66. The van der Waals surface area contributed by atoms with Crippen LogP contribution in [0.1, 0.15) is 52.3 Å². The summed E-state index contributed by atoms with van der Waals surface area (Å²) in [6.45, 7) is 8.54. The van der Waals surface area contributed by atoms with Crippen LogP contribution in [0.4, 0.5) is 11.6 Å². The van der Waals surface area contributed by atoms with Gasteiger partial charge in [-0.25, -0.2) is 9.97 Å². The highest BCUT2D eigenvalue weighted by molar-refractivity contribution is 5.54. The first-order valence-electron chi connectivity index (χ1n) is 9.08. The summed E-state index contributed by atoms with van der Waals surface area (Å²) in [5.41, 5.74) is -0.145. The van der Waals surface area contributed by atoms with Crippen LogP contribution in [-0.2, 0) is 5.41 Å². The molecule has 24 heavy (non-hydrogen) atoms. The van der Waals surface area contributed by atoms with Gasteiger partial charge in [-0.3, -0.25) is 0 Å². The van der Waals surface area contributed by atoms with Gasteiger partial charge in [0.05, 0.1) is 25.3 Å². The van der Waals surface area contributed by atoms with E-state index in [0.29, 0.717) is 0 Å². The van der Waals surface area contributed by atoms with E-state index < -0.39 is 0 Å². The van der Waals surface area contributed by atoms with Gasteiger partial charge in [-0.2, -0.15) is 0 Å². The van der Waals surface area contributed by atoms with Crippen LogP contribution in [0.25, 0.3) is 0 Å². The van der Waals surface area contributed by atoms with Gasteiger partial charge in [-0.1, -0.05) is 20.8 Å². The third kappa shape index (κ3) is 3.35. The molecule has 0 spiro atoms. The van der Waals surface area contributed by atoms with Crippen LogP contribution in [0.3, 0.4) is 0 Å². The normalized spacial score (nSPS) is 24.9. The summed E-state index contributed by atoms with van der Waals surface area (Å²) >= 11 is 0. The number of nitrogens with zero attached hydrogens (tertiary/aromatic N) is 4. The molecule has 6 heteroatoms. The molecule has 3 heterocycles. The average molecular weight is 334 g/mol. The second-order valence-electron chi connectivity index (χ2n) is 8.00. The van der Waals surface area contributed by atoms with Crippen LogP contribution in [-0.4, -0.2) is 58.6 Å². The molecule has 3 rings (SSSR count). The molecule has 1 aromatic rings. The van der Waals surface area contributed by atoms with E-state index in [9.17, 15) is 10.2 Å². The van der Waals surface area contributed by atoms with Gasteiger partial charge in [0.25, 0.3) is 0 Å². The average Bonchev–Trinajstić information content (AvgIpc) is 3.22. The first kappa shape index (κ1) is 17.4. The standard InChI is InChI=1S/C18H30N4O2/c1-18(2,3)17-19-15(21-8-4-6-13(21)11-23)10-16(20-17)22-9-5-7-14(22)12-24/h10,13-14,23-24H,4-9,11-12H2,1-3H3/t13-,14-/m0/s1. The molecule has 0 saturated carbocycles. The first-order valence-corrected chi connectivity index (χ1v) is 9.08. The van der Waals surface area contributed by atoms with Gasteiger partial charge >= 0.3 is 0 Å². The minimum atomic E-state index is -0.145. The fraction of sp³-hybridized carbons (Fsp3) is 0.778. The third-order valence-electron chi connectivity index (χ3n) is 5.13. The van der Waals surface area contributed by atoms with Gasteiger partial charge in [0.1, 0.15) is 17.5 Å². The second kappa shape index (κ2) is 6.84. The lowest BCUT2D eigenvalue weighted by Gasteiger charge is -2.30. The Morgan fingerprint density at radius 1 is 0.958 bits per heavy atom.